The minimum absolute atomic E-state index is 0.00506. The van der Waals surface area contributed by atoms with Crippen LogP contribution in [0, 0.1) is 5.92 Å². The van der Waals surface area contributed by atoms with Gasteiger partial charge in [0.2, 0.25) is 5.91 Å². The summed E-state index contributed by atoms with van der Waals surface area (Å²) >= 11 is 6.20. The lowest BCUT2D eigenvalue weighted by Crippen LogP contribution is -2.39. The summed E-state index contributed by atoms with van der Waals surface area (Å²) in [6.07, 6.45) is 4.02. The molecule has 0 radical (unpaired) electrons. The van der Waals surface area contributed by atoms with Crippen LogP contribution in [0.4, 0.5) is 5.82 Å². The summed E-state index contributed by atoms with van der Waals surface area (Å²) in [5.41, 5.74) is 0.975. The van der Waals surface area contributed by atoms with Crippen LogP contribution in [0.25, 0.3) is 0 Å². The van der Waals surface area contributed by atoms with Gasteiger partial charge < -0.3 is 5.32 Å². The van der Waals surface area contributed by atoms with Gasteiger partial charge in [0.25, 0.3) is 0 Å². The van der Waals surface area contributed by atoms with Gasteiger partial charge in [0, 0.05) is 11.1 Å². The zero-order valence-corrected chi connectivity index (χ0v) is 14.7. The number of amides is 1. The Labute approximate surface area is 147 Å². The number of carbonyl (C=O) groups is 1. The number of halogens is 1. The van der Waals surface area contributed by atoms with E-state index in [1.807, 2.05) is 30.3 Å². The highest BCUT2D eigenvalue weighted by molar-refractivity contribution is 6.31. The highest BCUT2D eigenvalue weighted by atomic mass is 35.5. The van der Waals surface area contributed by atoms with Crippen molar-refractivity contribution in [3.63, 3.8) is 0 Å². The number of rotatable bonds is 5. The van der Waals surface area contributed by atoms with Gasteiger partial charge in [0.05, 0.1) is 19.3 Å². The minimum atomic E-state index is 0.00506. The number of piperidine rings is 1. The number of aromatic nitrogens is 2. The zero-order chi connectivity index (χ0) is 16.9. The van der Waals surface area contributed by atoms with Gasteiger partial charge in [0.15, 0.2) is 0 Å². The van der Waals surface area contributed by atoms with E-state index in [0.717, 1.165) is 37.4 Å². The predicted molar refractivity (Wildman–Crippen MR) is 96.2 cm³/mol. The van der Waals surface area contributed by atoms with Gasteiger partial charge in [0.1, 0.15) is 5.82 Å². The molecule has 1 amide bonds. The van der Waals surface area contributed by atoms with E-state index in [4.69, 9.17) is 11.6 Å². The van der Waals surface area contributed by atoms with E-state index in [1.54, 1.807) is 10.9 Å². The molecule has 1 aromatic heterocycles. The van der Waals surface area contributed by atoms with Crippen LogP contribution in [-0.2, 0) is 11.3 Å². The molecule has 0 saturated carbocycles. The zero-order valence-electron chi connectivity index (χ0n) is 13.9. The van der Waals surface area contributed by atoms with Crippen molar-refractivity contribution in [1.82, 2.24) is 14.7 Å². The smallest absolute Gasteiger partial charge is 0.239 e. The average molecular weight is 347 g/mol. The van der Waals surface area contributed by atoms with Gasteiger partial charge in [-0.3, -0.25) is 9.69 Å². The molecule has 1 aliphatic heterocycles. The fraction of sp³-hybridized carbons (Fsp3) is 0.444. The molecule has 3 rings (SSSR count). The summed E-state index contributed by atoms with van der Waals surface area (Å²) in [5.74, 6) is 1.47. The molecule has 2 aromatic rings. The Balaban J connectivity index is 1.59. The number of nitrogens with zero attached hydrogens (tertiary/aromatic N) is 3. The molecule has 1 aromatic carbocycles. The van der Waals surface area contributed by atoms with Crippen molar-refractivity contribution in [2.24, 2.45) is 5.92 Å². The largest absolute Gasteiger partial charge is 0.310 e. The van der Waals surface area contributed by atoms with E-state index in [1.165, 1.54) is 0 Å². The molecule has 0 bridgehead atoms. The van der Waals surface area contributed by atoms with Crippen molar-refractivity contribution in [1.29, 1.82) is 0 Å². The van der Waals surface area contributed by atoms with Crippen LogP contribution in [0.2, 0.25) is 5.02 Å². The number of benzene rings is 1. The lowest BCUT2D eigenvalue weighted by molar-refractivity contribution is -0.117. The Morgan fingerprint density at radius 3 is 2.79 bits per heavy atom. The summed E-state index contributed by atoms with van der Waals surface area (Å²) in [5, 5.41) is 7.96. The van der Waals surface area contributed by atoms with Crippen LogP contribution in [0.5, 0.6) is 0 Å². The number of hydrogen-bond donors (Lipinski definition) is 1. The fourth-order valence-electron chi connectivity index (χ4n) is 2.96. The van der Waals surface area contributed by atoms with Crippen molar-refractivity contribution < 1.29 is 4.79 Å². The molecule has 1 fully saturated rings. The number of anilines is 1. The lowest BCUT2D eigenvalue weighted by Gasteiger charge is -2.29. The summed E-state index contributed by atoms with van der Waals surface area (Å²) < 4.78 is 1.76. The van der Waals surface area contributed by atoms with Gasteiger partial charge in [-0.25, -0.2) is 4.68 Å². The summed E-state index contributed by atoms with van der Waals surface area (Å²) in [6.45, 7) is 5.22. The molecule has 0 unspecified atom stereocenters. The Morgan fingerprint density at radius 1 is 1.29 bits per heavy atom. The Bertz CT molecular complexity index is 692. The number of nitrogens with one attached hydrogen (secondary N) is 1. The first-order valence-corrected chi connectivity index (χ1v) is 8.77. The number of likely N-dealkylation sites (tertiary alicyclic amines) is 1. The first-order chi connectivity index (χ1) is 11.6. The summed E-state index contributed by atoms with van der Waals surface area (Å²) in [6, 6.07) is 9.48. The molecular weight excluding hydrogens is 324 g/mol. The first kappa shape index (κ1) is 17.0. The molecule has 1 aliphatic rings. The molecular formula is C18H23ClN4O. The van der Waals surface area contributed by atoms with E-state index in [-0.39, 0.29) is 5.91 Å². The third-order valence-electron chi connectivity index (χ3n) is 4.51. The topological polar surface area (TPSA) is 50.2 Å². The molecule has 0 spiro atoms. The molecule has 1 N–H and O–H groups in total. The molecule has 6 heteroatoms. The van der Waals surface area contributed by atoms with E-state index in [2.05, 4.69) is 22.2 Å². The normalized spacial score (nSPS) is 16.2. The standard InChI is InChI=1S/C18H23ClN4O/c1-14-7-10-22(11-8-14)13-18(24)21-17-6-9-20-23(17)12-15-4-2-3-5-16(15)19/h2-6,9,14H,7-8,10-13H2,1H3,(H,21,24). The van der Waals surface area contributed by atoms with Crippen molar-refractivity contribution in [3.8, 4) is 0 Å². The van der Waals surface area contributed by atoms with Gasteiger partial charge in [-0.2, -0.15) is 5.10 Å². The van der Waals surface area contributed by atoms with E-state index < -0.39 is 0 Å². The quantitative estimate of drug-likeness (QED) is 0.904. The highest BCUT2D eigenvalue weighted by Gasteiger charge is 2.18. The van der Waals surface area contributed by atoms with E-state index in [0.29, 0.717) is 23.9 Å². The molecule has 5 nitrogen and oxygen atoms in total. The molecule has 1 saturated heterocycles. The van der Waals surface area contributed by atoms with Crippen molar-refractivity contribution in [3.05, 3.63) is 47.1 Å². The lowest BCUT2D eigenvalue weighted by atomic mass is 9.99. The van der Waals surface area contributed by atoms with Crippen LogP contribution in [0.1, 0.15) is 25.3 Å². The number of carbonyl (C=O) groups excluding carboxylic acids is 1. The highest BCUT2D eigenvalue weighted by Crippen LogP contribution is 2.19. The van der Waals surface area contributed by atoms with Crippen LogP contribution in [0.15, 0.2) is 36.5 Å². The van der Waals surface area contributed by atoms with E-state index >= 15 is 0 Å². The van der Waals surface area contributed by atoms with Crippen LogP contribution >= 0.6 is 11.6 Å². The molecule has 0 aliphatic carbocycles. The van der Waals surface area contributed by atoms with Crippen molar-refractivity contribution >= 4 is 23.3 Å². The third kappa shape index (κ3) is 4.36. The maximum absolute atomic E-state index is 12.3. The van der Waals surface area contributed by atoms with Crippen LogP contribution < -0.4 is 5.32 Å². The summed E-state index contributed by atoms with van der Waals surface area (Å²) in [4.78, 5) is 14.5. The fourth-order valence-corrected chi connectivity index (χ4v) is 3.15. The SMILES string of the molecule is CC1CCN(CC(=O)Nc2ccnn2Cc2ccccc2Cl)CC1. The minimum Gasteiger partial charge on any atom is -0.310 e. The van der Waals surface area contributed by atoms with Crippen molar-refractivity contribution in [2.75, 3.05) is 25.0 Å². The predicted octanol–water partition coefficient (Wildman–Crippen LogP) is 3.26. The first-order valence-electron chi connectivity index (χ1n) is 8.39. The van der Waals surface area contributed by atoms with Gasteiger partial charge >= 0.3 is 0 Å². The van der Waals surface area contributed by atoms with Crippen molar-refractivity contribution in [2.45, 2.75) is 26.3 Å². The van der Waals surface area contributed by atoms with Crippen LogP contribution in [0.3, 0.4) is 0 Å². The van der Waals surface area contributed by atoms with Gasteiger partial charge in [-0.05, 0) is 43.5 Å². The second kappa shape index (κ2) is 7.81. The summed E-state index contributed by atoms with van der Waals surface area (Å²) in [7, 11) is 0. The van der Waals surface area contributed by atoms with Gasteiger partial charge in [-0.15, -0.1) is 0 Å². The van der Waals surface area contributed by atoms with Gasteiger partial charge in [-0.1, -0.05) is 36.7 Å². The maximum Gasteiger partial charge on any atom is 0.239 e. The van der Waals surface area contributed by atoms with Crippen LogP contribution in [-0.4, -0.2) is 40.2 Å². The molecule has 24 heavy (non-hydrogen) atoms. The molecule has 2 heterocycles. The third-order valence-corrected chi connectivity index (χ3v) is 4.87. The average Bonchev–Trinajstić information content (AvgIpc) is 2.99. The van der Waals surface area contributed by atoms with E-state index in [9.17, 15) is 4.79 Å². The Kier molecular flexibility index (Phi) is 5.53. The maximum atomic E-state index is 12.3. The Morgan fingerprint density at radius 2 is 2.04 bits per heavy atom. The molecule has 0 atom stereocenters. The second-order valence-electron chi connectivity index (χ2n) is 6.47. The number of hydrogen-bond acceptors (Lipinski definition) is 3. The Hall–Kier alpha value is -1.85. The second-order valence-corrected chi connectivity index (χ2v) is 6.88. The molecule has 128 valence electrons. The monoisotopic (exact) mass is 346 g/mol.